The van der Waals surface area contributed by atoms with Gasteiger partial charge in [-0.15, -0.1) is 0 Å². The van der Waals surface area contributed by atoms with Crippen molar-refractivity contribution in [1.29, 1.82) is 0 Å². The Morgan fingerprint density at radius 3 is 2.76 bits per heavy atom. The molecule has 0 radical (unpaired) electrons. The van der Waals surface area contributed by atoms with Gasteiger partial charge in [-0.3, -0.25) is 4.90 Å². The van der Waals surface area contributed by atoms with E-state index in [2.05, 4.69) is 23.6 Å². The van der Waals surface area contributed by atoms with Gasteiger partial charge in [0, 0.05) is 25.2 Å². The summed E-state index contributed by atoms with van der Waals surface area (Å²) in [5.74, 6) is 0.279. The van der Waals surface area contributed by atoms with Crippen LogP contribution in [0.5, 0.6) is 0 Å². The molecule has 2 nitrogen and oxygen atoms in total. The average Bonchev–Trinajstić information content (AvgIpc) is 2.46. The molecule has 1 aromatic rings. The minimum absolute atomic E-state index is 0.197. The summed E-state index contributed by atoms with van der Waals surface area (Å²) in [7, 11) is 0. The summed E-state index contributed by atoms with van der Waals surface area (Å²) in [5.41, 5.74) is 0.600. The van der Waals surface area contributed by atoms with Crippen LogP contribution in [-0.4, -0.2) is 36.6 Å². The standard InChI is InChI=1S/C17H24ClFN2/c1-12(2)16-11-20-9-4-3-6-13(20)10-21(16)17-14(18)7-5-8-15(17)19/h5,7-8,12-13,16H,3-4,6,9-11H2,1-2H3. The number of hydrogen-bond acceptors (Lipinski definition) is 2. The SMILES string of the molecule is CC(C)C1CN2CCCCC2CN1c1c(F)cccc1Cl. The van der Waals surface area contributed by atoms with E-state index in [1.165, 1.54) is 31.9 Å². The molecule has 21 heavy (non-hydrogen) atoms. The molecule has 2 atom stereocenters. The van der Waals surface area contributed by atoms with Crippen LogP contribution in [0.2, 0.25) is 5.02 Å². The highest BCUT2D eigenvalue weighted by Crippen LogP contribution is 2.36. The number of benzene rings is 1. The van der Waals surface area contributed by atoms with Crippen molar-refractivity contribution in [2.75, 3.05) is 24.5 Å². The third kappa shape index (κ3) is 2.91. The number of para-hydroxylation sites is 1. The van der Waals surface area contributed by atoms with E-state index in [0.29, 0.717) is 28.7 Å². The molecule has 0 aromatic heterocycles. The van der Waals surface area contributed by atoms with E-state index < -0.39 is 0 Å². The topological polar surface area (TPSA) is 6.48 Å². The molecule has 3 rings (SSSR count). The van der Waals surface area contributed by atoms with Gasteiger partial charge in [0.15, 0.2) is 0 Å². The second kappa shape index (κ2) is 6.13. The van der Waals surface area contributed by atoms with Crippen molar-refractivity contribution in [2.24, 2.45) is 5.92 Å². The van der Waals surface area contributed by atoms with Gasteiger partial charge in [0.25, 0.3) is 0 Å². The van der Waals surface area contributed by atoms with Crippen LogP contribution in [0.15, 0.2) is 18.2 Å². The Hall–Kier alpha value is -0.800. The maximum absolute atomic E-state index is 14.4. The maximum Gasteiger partial charge on any atom is 0.148 e. The van der Waals surface area contributed by atoms with Gasteiger partial charge in [-0.25, -0.2) is 4.39 Å². The first kappa shape index (κ1) is 15.1. The molecular formula is C17H24ClFN2. The number of rotatable bonds is 2. The number of fused-ring (bicyclic) bond motifs is 1. The molecule has 116 valence electrons. The summed E-state index contributed by atoms with van der Waals surface area (Å²) in [6, 6.07) is 5.87. The molecule has 2 unspecified atom stereocenters. The Bertz CT molecular complexity index is 485. The first-order chi connectivity index (χ1) is 10.1. The number of nitrogens with zero attached hydrogens (tertiary/aromatic N) is 2. The predicted molar refractivity (Wildman–Crippen MR) is 86.6 cm³/mol. The molecule has 2 saturated heterocycles. The smallest absolute Gasteiger partial charge is 0.148 e. The highest BCUT2D eigenvalue weighted by atomic mass is 35.5. The molecule has 0 amide bonds. The second-order valence-electron chi connectivity index (χ2n) is 6.68. The van der Waals surface area contributed by atoms with Crippen LogP contribution in [0.3, 0.4) is 0 Å². The van der Waals surface area contributed by atoms with Crippen molar-refractivity contribution < 1.29 is 4.39 Å². The zero-order chi connectivity index (χ0) is 15.0. The Morgan fingerprint density at radius 2 is 2.05 bits per heavy atom. The molecule has 0 aliphatic carbocycles. The van der Waals surface area contributed by atoms with Crippen molar-refractivity contribution in [2.45, 2.75) is 45.2 Å². The number of anilines is 1. The van der Waals surface area contributed by atoms with E-state index in [1.54, 1.807) is 12.1 Å². The molecular weight excluding hydrogens is 287 g/mol. The van der Waals surface area contributed by atoms with E-state index in [4.69, 9.17) is 11.6 Å². The number of halogens is 2. The average molecular weight is 311 g/mol. The van der Waals surface area contributed by atoms with Gasteiger partial charge < -0.3 is 4.90 Å². The highest BCUT2D eigenvalue weighted by molar-refractivity contribution is 6.33. The third-order valence-electron chi connectivity index (χ3n) is 4.97. The molecule has 2 heterocycles. The fourth-order valence-electron chi connectivity index (χ4n) is 3.80. The van der Waals surface area contributed by atoms with Gasteiger partial charge in [-0.1, -0.05) is 37.9 Å². The van der Waals surface area contributed by atoms with Crippen LogP contribution in [-0.2, 0) is 0 Å². The summed E-state index contributed by atoms with van der Waals surface area (Å²) in [4.78, 5) is 4.83. The summed E-state index contributed by atoms with van der Waals surface area (Å²) >= 11 is 6.31. The fraction of sp³-hybridized carbons (Fsp3) is 0.647. The van der Waals surface area contributed by atoms with Crippen molar-refractivity contribution >= 4 is 17.3 Å². The zero-order valence-electron chi connectivity index (χ0n) is 12.9. The zero-order valence-corrected chi connectivity index (χ0v) is 13.6. The highest BCUT2D eigenvalue weighted by Gasteiger charge is 2.37. The fourth-order valence-corrected chi connectivity index (χ4v) is 4.07. The van der Waals surface area contributed by atoms with E-state index in [-0.39, 0.29) is 5.82 Å². The summed E-state index contributed by atoms with van der Waals surface area (Å²) < 4.78 is 14.4. The van der Waals surface area contributed by atoms with Gasteiger partial charge in [0.2, 0.25) is 0 Å². The molecule has 0 bridgehead atoms. The van der Waals surface area contributed by atoms with Crippen LogP contribution < -0.4 is 4.90 Å². The van der Waals surface area contributed by atoms with Gasteiger partial charge in [-0.2, -0.15) is 0 Å². The minimum Gasteiger partial charge on any atom is -0.362 e. The quantitative estimate of drug-likeness (QED) is 0.808. The van der Waals surface area contributed by atoms with E-state index in [0.717, 1.165) is 13.1 Å². The van der Waals surface area contributed by atoms with Gasteiger partial charge in [-0.05, 0) is 37.4 Å². The number of hydrogen-bond donors (Lipinski definition) is 0. The largest absolute Gasteiger partial charge is 0.362 e. The Labute approximate surface area is 131 Å². The Balaban J connectivity index is 1.94. The molecule has 2 fully saturated rings. The Morgan fingerprint density at radius 1 is 1.24 bits per heavy atom. The van der Waals surface area contributed by atoms with Gasteiger partial charge in [0.1, 0.15) is 5.82 Å². The van der Waals surface area contributed by atoms with Crippen LogP contribution >= 0.6 is 11.6 Å². The first-order valence-corrected chi connectivity index (χ1v) is 8.40. The summed E-state index contributed by atoms with van der Waals surface area (Å²) in [6.07, 6.45) is 3.79. The lowest BCUT2D eigenvalue weighted by molar-refractivity contribution is 0.100. The van der Waals surface area contributed by atoms with Gasteiger partial charge >= 0.3 is 0 Å². The Kier molecular flexibility index (Phi) is 4.41. The minimum atomic E-state index is -0.197. The monoisotopic (exact) mass is 310 g/mol. The normalized spacial score (nSPS) is 27.0. The number of piperazine rings is 1. The molecule has 4 heteroatoms. The third-order valence-corrected chi connectivity index (χ3v) is 5.28. The molecule has 2 aliphatic rings. The lowest BCUT2D eigenvalue weighted by atomic mass is 9.91. The van der Waals surface area contributed by atoms with Crippen molar-refractivity contribution in [3.05, 3.63) is 29.0 Å². The van der Waals surface area contributed by atoms with Crippen LogP contribution in [0.1, 0.15) is 33.1 Å². The lowest BCUT2D eigenvalue weighted by Gasteiger charge is -2.51. The van der Waals surface area contributed by atoms with Crippen molar-refractivity contribution in [3.8, 4) is 0 Å². The molecule has 0 spiro atoms. The van der Waals surface area contributed by atoms with E-state index in [1.807, 2.05) is 0 Å². The molecule has 1 aromatic carbocycles. The maximum atomic E-state index is 14.4. The summed E-state index contributed by atoms with van der Waals surface area (Å²) in [6.45, 7) is 7.54. The van der Waals surface area contributed by atoms with Crippen molar-refractivity contribution in [3.63, 3.8) is 0 Å². The van der Waals surface area contributed by atoms with Crippen LogP contribution in [0, 0.1) is 11.7 Å². The number of piperidine rings is 1. The van der Waals surface area contributed by atoms with E-state index >= 15 is 0 Å². The first-order valence-electron chi connectivity index (χ1n) is 8.02. The molecule has 0 saturated carbocycles. The predicted octanol–water partition coefficient (Wildman–Crippen LogP) is 4.18. The lowest BCUT2D eigenvalue weighted by Crippen LogP contribution is -2.61. The second-order valence-corrected chi connectivity index (χ2v) is 7.09. The molecule has 2 aliphatic heterocycles. The summed E-state index contributed by atoms with van der Waals surface area (Å²) in [5, 5.41) is 0.532. The van der Waals surface area contributed by atoms with Crippen molar-refractivity contribution in [1.82, 2.24) is 4.90 Å². The van der Waals surface area contributed by atoms with Crippen LogP contribution in [0.25, 0.3) is 0 Å². The van der Waals surface area contributed by atoms with Crippen LogP contribution in [0.4, 0.5) is 10.1 Å². The van der Waals surface area contributed by atoms with Gasteiger partial charge in [0.05, 0.1) is 10.7 Å². The molecule has 0 N–H and O–H groups in total. The van der Waals surface area contributed by atoms with E-state index in [9.17, 15) is 4.39 Å².